The molecule has 0 aliphatic rings. The van der Waals surface area contributed by atoms with Crippen molar-refractivity contribution in [1.29, 1.82) is 0 Å². The zero-order valence-electron chi connectivity index (χ0n) is 15.7. The fourth-order valence-corrected chi connectivity index (χ4v) is 3.61. The van der Waals surface area contributed by atoms with E-state index in [9.17, 15) is 23.3 Å². The van der Waals surface area contributed by atoms with Crippen molar-refractivity contribution in [2.75, 3.05) is 4.72 Å². The van der Waals surface area contributed by atoms with E-state index in [2.05, 4.69) is 15.2 Å². The number of amides is 1. The number of sulfonamides is 1. The van der Waals surface area contributed by atoms with Crippen LogP contribution in [0, 0.1) is 10.1 Å². The van der Waals surface area contributed by atoms with Gasteiger partial charge < -0.3 is 0 Å². The Morgan fingerprint density at radius 3 is 2.16 bits per heavy atom. The Kier molecular flexibility index (Phi) is 6.63. The maximum atomic E-state index is 12.4. The third-order valence-electron chi connectivity index (χ3n) is 4.01. The van der Waals surface area contributed by atoms with Gasteiger partial charge in [0.25, 0.3) is 21.6 Å². The largest absolute Gasteiger partial charge is 0.280 e. The van der Waals surface area contributed by atoms with E-state index in [1.165, 1.54) is 79.0 Å². The van der Waals surface area contributed by atoms with Gasteiger partial charge in [-0.3, -0.25) is 19.6 Å². The van der Waals surface area contributed by atoms with E-state index >= 15 is 0 Å². The van der Waals surface area contributed by atoms with Crippen LogP contribution in [0.2, 0.25) is 5.02 Å². The molecule has 158 valence electrons. The summed E-state index contributed by atoms with van der Waals surface area (Å²) in [7, 11) is -3.79. The van der Waals surface area contributed by atoms with Crippen LogP contribution in [0.1, 0.15) is 15.9 Å². The standard InChI is InChI=1S/C20H15ClN4O5S/c21-16-5-11-19(12-6-16)31(29,30)24-17-7-3-15(4-8-17)20(26)23-22-13-14-1-9-18(10-2-14)25(27)28/h1-13,24H,(H,23,26). The van der Waals surface area contributed by atoms with Gasteiger partial charge in [0.05, 0.1) is 16.0 Å². The van der Waals surface area contributed by atoms with Crippen LogP contribution >= 0.6 is 11.6 Å². The number of nitrogens with zero attached hydrogens (tertiary/aromatic N) is 2. The zero-order chi connectivity index (χ0) is 22.4. The predicted octanol–water partition coefficient (Wildman–Crippen LogP) is 3.81. The third kappa shape index (κ3) is 5.87. The van der Waals surface area contributed by atoms with Crippen LogP contribution in [0.4, 0.5) is 11.4 Å². The molecule has 1 amide bonds. The number of rotatable bonds is 7. The molecule has 31 heavy (non-hydrogen) atoms. The lowest BCUT2D eigenvalue weighted by molar-refractivity contribution is -0.384. The Labute approximate surface area is 182 Å². The first-order chi connectivity index (χ1) is 14.7. The SMILES string of the molecule is O=C(NN=Cc1ccc([N+](=O)[O-])cc1)c1ccc(NS(=O)(=O)c2ccc(Cl)cc2)cc1. The quantitative estimate of drug-likeness (QED) is 0.315. The summed E-state index contributed by atoms with van der Waals surface area (Å²) in [6.45, 7) is 0. The number of nitro groups is 1. The summed E-state index contributed by atoms with van der Waals surface area (Å²) in [5, 5.41) is 14.9. The lowest BCUT2D eigenvalue weighted by Gasteiger charge is -2.08. The van der Waals surface area contributed by atoms with Crippen LogP contribution < -0.4 is 10.1 Å². The van der Waals surface area contributed by atoms with Gasteiger partial charge in [0.15, 0.2) is 0 Å². The summed E-state index contributed by atoms with van der Waals surface area (Å²) < 4.78 is 27.2. The third-order valence-corrected chi connectivity index (χ3v) is 5.66. The van der Waals surface area contributed by atoms with Crippen LogP contribution in [0.3, 0.4) is 0 Å². The highest BCUT2D eigenvalue weighted by Gasteiger charge is 2.14. The second kappa shape index (κ2) is 9.37. The van der Waals surface area contributed by atoms with E-state index in [-0.39, 0.29) is 21.8 Å². The fourth-order valence-electron chi connectivity index (χ4n) is 2.43. The maximum Gasteiger partial charge on any atom is 0.271 e. The molecule has 11 heteroatoms. The first kappa shape index (κ1) is 21.9. The van der Waals surface area contributed by atoms with Gasteiger partial charge in [0.1, 0.15) is 0 Å². The first-order valence-electron chi connectivity index (χ1n) is 8.71. The molecule has 0 atom stereocenters. The Balaban J connectivity index is 1.60. The Morgan fingerprint density at radius 1 is 0.968 bits per heavy atom. The van der Waals surface area contributed by atoms with E-state index in [4.69, 9.17) is 11.6 Å². The summed E-state index contributed by atoms with van der Waals surface area (Å²) in [5.74, 6) is -0.509. The molecule has 3 rings (SSSR count). The molecule has 0 fully saturated rings. The molecule has 2 N–H and O–H groups in total. The highest BCUT2D eigenvalue weighted by atomic mass is 35.5. The molecule has 0 aliphatic heterocycles. The van der Waals surface area contributed by atoms with Crippen LogP contribution in [0.5, 0.6) is 0 Å². The molecular formula is C20H15ClN4O5S. The van der Waals surface area contributed by atoms with Crippen molar-refractivity contribution in [1.82, 2.24) is 5.43 Å². The molecule has 3 aromatic rings. The fraction of sp³-hybridized carbons (Fsp3) is 0. The Morgan fingerprint density at radius 2 is 1.58 bits per heavy atom. The smallest absolute Gasteiger partial charge is 0.271 e. The van der Waals surface area contributed by atoms with Crippen molar-refractivity contribution in [3.63, 3.8) is 0 Å². The second-order valence-corrected chi connectivity index (χ2v) is 8.30. The lowest BCUT2D eigenvalue weighted by Crippen LogP contribution is -2.18. The van der Waals surface area contributed by atoms with Crippen molar-refractivity contribution < 1.29 is 18.1 Å². The van der Waals surface area contributed by atoms with Crippen molar-refractivity contribution in [2.45, 2.75) is 4.90 Å². The number of nitrogens with one attached hydrogen (secondary N) is 2. The van der Waals surface area contributed by atoms with Crippen molar-refractivity contribution >= 4 is 45.1 Å². The van der Waals surface area contributed by atoms with Crippen LogP contribution in [0.25, 0.3) is 0 Å². The normalized spacial score (nSPS) is 11.3. The minimum Gasteiger partial charge on any atom is -0.280 e. The molecule has 3 aromatic carbocycles. The van der Waals surface area contributed by atoms with Crippen molar-refractivity contribution in [3.8, 4) is 0 Å². The van der Waals surface area contributed by atoms with Crippen molar-refractivity contribution in [2.24, 2.45) is 5.10 Å². The van der Waals surface area contributed by atoms with Gasteiger partial charge in [-0.05, 0) is 66.2 Å². The second-order valence-electron chi connectivity index (χ2n) is 6.18. The summed E-state index contributed by atoms with van der Waals surface area (Å²) >= 11 is 5.77. The number of carbonyl (C=O) groups excluding carboxylic acids is 1. The molecular weight excluding hydrogens is 444 g/mol. The average molecular weight is 459 g/mol. The molecule has 0 unspecified atom stereocenters. The van der Waals surface area contributed by atoms with Gasteiger partial charge in [-0.15, -0.1) is 0 Å². The molecule has 0 aromatic heterocycles. The van der Waals surface area contributed by atoms with Crippen LogP contribution in [0.15, 0.2) is 82.8 Å². The lowest BCUT2D eigenvalue weighted by atomic mass is 10.2. The zero-order valence-corrected chi connectivity index (χ0v) is 17.3. The molecule has 0 aliphatic carbocycles. The highest BCUT2D eigenvalue weighted by molar-refractivity contribution is 7.92. The van der Waals surface area contributed by atoms with E-state index in [1.54, 1.807) is 0 Å². The topological polar surface area (TPSA) is 131 Å². The summed E-state index contributed by atoms with van der Waals surface area (Å²) in [6, 6.07) is 17.1. The van der Waals surface area contributed by atoms with E-state index in [0.717, 1.165) is 0 Å². The highest BCUT2D eigenvalue weighted by Crippen LogP contribution is 2.19. The minimum atomic E-state index is -3.79. The summed E-state index contributed by atoms with van der Waals surface area (Å²) in [4.78, 5) is 22.3. The number of anilines is 1. The number of hydrazone groups is 1. The molecule has 0 saturated heterocycles. The van der Waals surface area contributed by atoms with Gasteiger partial charge in [0, 0.05) is 28.4 Å². The Bertz CT molecular complexity index is 1230. The molecule has 0 radical (unpaired) electrons. The van der Waals surface area contributed by atoms with E-state index in [1.807, 2.05) is 0 Å². The molecule has 9 nitrogen and oxygen atoms in total. The number of benzene rings is 3. The minimum absolute atomic E-state index is 0.0482. The van der Waals surface area contributed by atoms with Gasteiger partial charge in [-0.2, -0.15) is 5.10 Å². The number of hydrogen-bond donors (Lipinski definition) is 2. The van der Waals surface area contributed by atoms with E-state index < -0.39 is 20.9 Å². The van der Waals surface area contributed by atoms with Gasteiger partial charge in [0.2, 0.25) is 0 Å². The van der Waals surface area contributed by atoms with Gasteiger partial charge >= 0.3 is 0 Å². The number of carbonyl (C=O) groups is 1. The van der Waals surface area contributed by atoms with Crippen molar-refractivity contribution in [3.05, 3.63) is 99.1 Å². The average Bonchev–Trinajstić information content (AvgIpc) is 2.74. The van der Waals surface area contributed by atoms with Gasteiger partial charge in [-0.1, -0.05) is 11.6 Å². The monoisotopic (exact) mass is 458 g/mol. The van der Waals surface area contributed by atoms with Crippen LogP contribution in [-0.2, 0) is 10.0 Å². The number of halogens is 1. The number of nitro benzene ring substituents is 1. The van der Waals surface area contributed by atoms with E-state index in [0.29, 0.717) is 10.6 Å². The van der Waals surface area contributed by atoms with Gasteiger partial charge in [-0.25, -0.2) is 13.8 Å². The summed E-state index contributed by atoms with van der Waals surface area (Å²) in [6.07, 6.45) is 1.34. The first-order valence-corrected chi connectivity index (χ1v) is 10.6. The summed E-state index contributed by atoms with van der Waals surface area (Å²) in [5.41, 5.74) is 3.39. The molecule has 0 bridgehead atoms. The predicted molar refractivity (Wildman–Crippen MR) is 117 cm³/mol. The van der Waals surface area contributed by atoms with Crippen LogP contribution in [-0.4, -0.2) is 25.5 Å². The molecule has 0 saturated carbocycles. The number of non-ortho nitro benzene ring substituents is 1. The maximum absolute atomic E-state index is 12.4. The molecule has 0 heterocycles. The number of hydrogen-bond acceptors (Lipinski definition) is 6. The molecule has 0 spiro atoms. The Hall–Kier alpha value is -3.76.